The van der Waals surface area contributed by atoms with E-state index in [4.69, 9.17) is 27.9 Å². The number of halogens is 2. The first-order valence-electron chi connectivity index (χ1n) is 9.48. The summed E-state index contributed by atoms with van der Waals surface area (Å²) in [6.45, 7) is 3.16. The Balaban J connectivity index is 1.64. The molecular formula is C25H21Cl2NO. The van der Waals surface area contributed by atoms with Crippen LogP contribution in [0.3, 0.4) is 0 Å². The van der Waals surface area contributed by atoms with Gasteiger partial charge in [0, 0.05) is 27.8 Å². The number of anilines is 1. The van der Waals surface area contributed by atoms with Crippen molar-refractivity contribution in [1.82, 2.24) is 0 Å². The van der Waals surface area contributed by atoms with Gasteiger partial charge in [-0.2, -0.15) is 0 Å². The normalized spacial score (nSPS) is 10.9. The third-order valence-corrected chi connectivity index (χ3v) is 5.41. The Bertz CT molecular complexity index is 1160. The van der Waals surface area contributed by atoms with Crippen molar-refractivity contribution in [2.24, 2.45) is 0 Å². The fourth-order valence-electron chi connectivity index (χ4n) is 3.39. The molecule has 0 radical (unpaired) electrons. The molecule has 0 bridgehead atoms. The molecule has 0 heterocycles. The highest BCUT2D eigenvalue weighted by atomic mass is 35.5. The van der Waals surface area contributed by atoms with Crippen molar-refractivity contribution >= 4 is 39.7 Å². The van der Waals surface area contributed by atoms with Crippen LogP contribution in [0.1, 0.15) is 16.7 Å². The molecule has 0 aliphatic rings. The number of hydrogen-bond acceptors (Lipinski definition) is 2. The Kier molecular flexibility index (Phi) is 5.94. The molecule has 4 aromatic rings. The van der Waals surface area contributed by atoms with Gasteiger partial charge in [0.05, 0.1) is 0 Å². The van der Waals surface area contributed by atoms with Crippen LogP contribution in [0, 0.1) is 6.92 Å². The van der Waals surface area contributed by atoms with Gasteiger partial charge >= 0.3 is 0 Å². The maximum atomic E-state index is 6.20. The molecule has 146 valence electrons. The van der Waals surface area contributed by atoms with E-state index < -0.39 is 0 Å². The van der Waals surface area contributed by atoms with E-state index in [-0.39, 0.29) is 0 Å². The Hall–Kier alpha value is -2.68. The molecule has 0 aliphatic heterocycles. The van der Waals surface area contributed by atoms with Crippen molar-refractivity contribution in [3.63, 3.8) is 0 Å². The summed E-state index contributed by atoms with van der Waals surface area (Å²) in [4.78, 5) is 0. The largest absolute Gasteiger partial charge is 0.489 e. The summed E-state index contributed by atoms with van der Waals surface area (Å²) in [5.74, 6) is 0.857. The van der Waals surface area contributed by atoms with Gasteiger partial charge in [-0.05, 0) is 59.2 Å². The lowest BCUT2D eigenvalue weighted by Crippen LogP contribution is -2.05. The zero-order chi connectivity index (χ0) is 20.2. The van der Waals surface area contributed by atoms with E-state index in [1.165, 1.54) is 10.8 Å². The number of hydrogen-bond donors (Lipinski definition) is 1. The van der Waals surface area contributed by atoms with Crippen LogP contribution in [-0.4, -0.2) is 0 Å². The van der Waals surface area contributed by atoms with Crippen LogP contribution in [0.25, 0.3) is 10.8 Å². The number of fused-ring (bicyclic) bond motifs is 1. The van der Waals surface area contributed by atoms with E-state index in [0.717, 1.165) is 28.1 Å². The first kappa shape index (κ1) is 19.6. The van der Waals surface area contributed by atoms with Gasteiger partial charge in [-0.3, -0.25) is 0 Å². The molecular weight excluding hydrogens is 401 g/mol. The van der Waals surface area contributed by atoms with Gasteiger partial charge in [0.1, 0.15) is 12.4 Å². The van der Waals surface area contributed by atoms with Gasteiger partial charge in [0.25, 0.3) is 0 Å². The molecule has 4 aromatic carbocycles. The molecule has 0 saturated carbocycles. The fraction of sp³-hybridized carbons (Fsp3) is 0.120. The number of benzene rings is 4. The molecule has 1 N–H and O–H groups in total. The summed E-state index contributed by atoms with van der Waals surface area (Å²) in [7, 11) is 0. The zero-order valence-electron chi connectivity index (χ0n) is 16.1. The SMILES string of the molecule is Cc1ccc(Cl)cc1NCc1c(OCc2cccc(Cl)c2)ccc2ccccc12. The van der Waals surface area contributed by atoms with Crippen LogP contribution in [0.5, 0.6) is 5.75 Å². The minimum Gasteiger partial charge on any atom is -0.489 e. The molecule has 4 rings (SSSR count). The first-order chi connectivity index (χ1) is 14.1. The van der Waals surface area contributed by atoms with Crippen molar-refractivity contribution in [3.05, 3.63) is 106 Å². The lowest BCUT2D eigenvalue weighted by atomic mass is 10.0. The van der Waals surface area contributed by atoms with Gasteiger partial charge in [-0.25, -0.2) is 0 Å². The monoisotopic (exact) mass is 421 g/mol. The third-order valence-electron chi connectivity index (χ3n) is 4.94. The Morgan fingerprint density at radius 1 is 0.828 bits per heavy atom. The van der Waals surface area contributed by atoms with E-state index in [1.807, 2.05) is 54.6 Å². The molecule has 0 saturated heterocycles. The first-order valence-corrected chi connectivity index (χ1v) is 10.2. The Morgan fingerprint density at radius 2 is 1.66 bits per heavy atom. The van der Waals surface area contributed by atoms with Crippen molar-refractivity contribution < 1.29 is 4.74 Å². The summed E-state index contributed by atoms with van der Waals surface area (Å²) in [6.07, 6.45) is 0. The summed E-state index contributed by atoms with van der Waals surface area (Å²) >= 11 is 12.3. The number of ether oxygens (including phenoxy) is 1. The van der Waals surface area contributed by atoms with Crippen LogP contribution in [0.15, 0.2) is 78.9 Å². The van der Waals surface area contributed by atoms with E-state index in [9.17, 15) is 0 Å². The van der Waals surface area contributed by atoms with Crippen molar-refractivity contribution in [2.45, 2.75) is 20.1 Å². The molecule has 2 nitrogen and oxygen atoms in total. The second kappa shape index (κ2) is 8.77. The quantitative estimate of drug-likeness (QED) is 0.345. The lowest BCUT2D eigenvalue weighted by molar-refractivity contribution is 0.304. The molecule has 0 fully saturated rings. The molecule has 0 amide bonds. The molecule has 0 aliphatic carbocycles. The van der Waals surface area contributed by atoms with E-state index in [2.05, 4.69) is 36.5 Å². The lowest BCUT2D eigenvalue weighted by Gasteiger charge is -2.17. The number of nitrogens with one attached hydrogen (secondary N) is 1. The summed E-state index contributed by atoms with van der Waals surface area (Å²) in [5, 5.41) is 7.30. The average molecular weight is 422 g/mol. The number of rotatable bonds is 6. The standard InChI is InChI=1S/C25H21Cl2NO/c1-17-9-11-21(27)14-24(17)28-15-23-22-8-3-2-6-19(22)10-12-25(23)29-16-18-5-4-7-20(26)13-18/h2-14,28H,15-16H2,1H3. The highest BCUT2D eigenvalue weighted by Crippen LogP contribution is 2.30. The number of aryl methyl sites for hydroxylation is 1. The molecule has 0 unspecified atom stereocenters. The van der Waals surface area contributed by atoms with Crippen LogP contribution >= 0.6 is 23.2 Å². The molecule has 0 spiro atoms. The van der Waals surface area contributed by atoms with Crippen LogP contribution < -0.4 is 10.1 Å². The smallest absolute Gasteiger partial charge is 0.125 e. The van der Waals surface area contributed by atoms with Crippen LogP contribution in [-0.2, 0) is 13.2 Å². The summed E-state index contributed by atoms with van der Waals surface area (Å²) in [6, 6.07) is 26.1. The van der Waals surface area contributed by atoms with Gasteiger partial charge in [-0.15, -0.1) is 0 Å². The molecule has 0 atom stereocenters. The van der Waals surface area contributed by atoms with Gasteiger partial charge in [0.2, 0.25) is 0 Å². The fourth-order valence-corrected chi connectivity index (χ4v) is 3.77. The summed E-state index contributed by atoms with van der Waals surface area (Å²) < 4.78 is 6.20. The minimum atomic E-state index is 0.460. The average Bonchev–Trinajstić information content (AvgIpc) is 2.73. The maximum Gasteiger partial charge on any atom is 0.125 e. The van der Waals surface area contributed by atoms with E-state index >= 15 is 0 Å². The predicted molar refractivity (Wildman–Crippen MR) is 123 cm³/mol. The van der Waals surface area contributed by atoms with E-state index in [1.54, 1.807) is 0 Å². The molecule has 0 aromatic heterocycles. The van der Waals surface area contributed by atoms with Gasteiger partial charge < -0.3 is 10.1 Å². The highest BCUT2D eigenvalue weighted by molar-refractivity contribution is 6.31. The topological polar surface area (TPSA) is 21.3 Å². The van der Waals surface area contributed by atoms with Crippen molar-refractivity contribution in [2.75, 3.05) is 5.32 Å². The molecule has 29 heavy (non-hydrogen) atoms. The Labute approximate surface area is 181 Å². The van der Waals surface area contributed by atoms with Gasteiger partial charge in [0.15, 0.2) is 0 Å². The second-order valence-electron chi connectivity index (χ2n) is 6.99. The maximum absolute atomic E-state index is 6.20. The summed E-state index contributed by atoms with van der Waals surface area (Å²) in [5.41, 5.74) is 4.32. The third kappa shape index (κ3) is 4.67. The second-order valence-corrected chi connectivity index (χ2v) is 7.87. The van der Waals surface area contributed by atoms with Gasteiger partial charge in [-0.1, -0.05) is 71.7 Å². The predicted octanol–water partition coefficient (Wildman–Crippen LogP) is 7.65. The molecule has 4 heteroatoms. The zero-order valence-corrected chi connectivity index (χ0v) is 17.6. The van der Waals surface area contributed by atoms with Crippen LogP contribution in [0.2, 0.25) is 10.0 Å². The van der Waals surface area contributed by atoms with Crippen molar-refractivity contribution in [1.29, 1.82) is 0 Å². The van der Waals surface area contributed by atoms with Crippen molar-refractivity contribution in [3.8, 4) is 5.75 Å². The highest BCUT2D eigenvalue weighted by Gasteiger charge is 2.10. The van der Waals surface area contributed by atoms with Crippen LogP contribution in [0.4, 0.5) is 5.69 Å². The minimum absolute atomic E-state index is 0.460. The Morgan fingerprint density at radius 3 is 2.52 bits per heavy atom. The van der Waals surface area contributed by atoms with E-state index in [0.29, 0.717) is 23.2 Å².